The summed E-state index contributed by atoms with van der Waals surface area (Å²) >= 11 is 0. The molecule has 1 saturated carbocycles. The molecule has 2 fully saturated rings. The van der Waals surface area contributed by atoms with Crippen molar-refractivity contribution in [2.45, 2.75) is 78.2 Å². The predicted molar refractivity (Wildman–Crippen MR) is 106 cm³/mol. The highest BCUT2D eigenvalue weighted by atomic mass is 16.5. The van der Waals surface area contributed by atoms with Crippen molar-refractivity contribution >= 4 is 24.3 Å². The van der Waals surface area contributed by atoms with Crippen LogP contribution in [0.3, 0.4) is 0 Å². The van der Waals surface area contributed by atoms with Crippen molar-refractivity contribution in [1.82, 2.24) is 10.4 Å². The fourth-order valence-corrected chi connectivity index (χ4v) is 4.94. The van der Waals surface area contributed by atoms with Crippen LogP contribution in [0, 0.1) is 17.8 Å². The lowest BCUT2D eigenvalue weighted by atomic mass is 9.91. The van der Waals surface area contributed by atoms with Gasteiger partial charge in [-0.2, -0.15) is 4.48 Å². The SMILES string of the molecule is CC(C)CC(=O)NC(=O)[N+]1(C(=O)[C@H](CC2CCCC2)CN(O)C=O)CCC[C@H]1C. The minimum absolute atomic E-state index is 0.105. The number of imide groups is 2. The van der Waals surface area contributed by atoms with Gasteiger partial charge in [0, 0.05) is 19.3 Å². The van der Waals surface area contributed by atoms with Crippen LogP contribution in [0.2, 0.25) is 0 Å². The standard InChI is InChI=1S/C21H35N3O5/c1-15(2)11-19(26)22-21(28)24(10-6-7-16(24)3)20(27)18(13-23(29)14-25)12-17-8-4-5-9-17/h14-18,29H,4-13H2,1-3H3/p+1/t16-,18-,24?/m1/s1. The van der Waals surface area contributed by atoms with Gasteiger partial charge < -0.3 is 0 Å². The Bertz CT molecular complexity index is 617. The summed E-state index contributed by atoms with van der Waals surface area (Å²) in [5.74, 6) is -0.850. The molecule has 1 aliphatic heterocycles. The number of carbonyl (C=O) groups excluding carboxylic acids is 4. The highest BCUT2D eigenvalue weighted by Crippen LogP contribution is 2.35. The summed E-state index contributed by atoms with van der Waals surface area (Å²) in [5, 5.41) is 12.7. The zero-order valence-electron chi connectivity index (χ0n) is 17.9. The van der Waals surface area contributed by atoms with E-state index >= 15 is 0 Å². The first-order chi connectivity index (χ1) is 13.7. The number of nitrogens with one attached hydrogen (secondary N) is 1. The second-order valence-corrected chi connectivity index (χ2v) is 9.18. The van der Waals surface area contributed by atoms with Crippen molar-refractivity contribution in [3.63, 3.8) is 0 Å². The molecule has 1 aliphatic carbocycles. The Labute approximate surface area is 173 Å². The molecule has 8 nitrogen and oxygen atoms in total. The second kappa shape index (κ2) is 10.3. The summed E-state index contributed by atoms with van der Waals surface area (Å²) in [6, 6.07) is -0.818. The van der Waals surface area contributed by atoms with E-state index < -0.39 is 16.4 Å². The molecule has 0 aromatic carbocycles. The quantitative estimate of drug-likeness (QED) is 0.277. The first-order valence-corrected chi connectivity index (χ1v) is 10.9. The minimum atomic E-state index is -0.639. The number of carbonyl (C=O) groups is 4. The molecule has 0 radical (unpaired) electrons. The van der Waals surface area contributed by atoms with E-state index in [2.05, 4.69) is 5.32 Å². The first-order valence-electron chi connectivity index (χ1n) is 10.9. The number of hydroxylamine groups is 2. The summed E-state index contributed by atoms with van der Waals surface area (Å²) in [6.07, 6.45) is 6.74. The summed E-state index contributed by atoms with van der Waals surface area (Å²) in [7, 11) is 0. The number of rotatable bonds is 8. The molecular weight excluding hydrogens is 374 g/mol. The monoisotopic (exact) mass is 410 g/mol. The van der Waals surface area contributed by atoms with E-state index in [-0.39, 0.29) is 36.7 Å². The number of amides is 5. The molecule has 164 valence electrons. The van der Waals surface area contributed by atoms with Crippen molar-refractivity contribution in [2.75, 3.05) is 13.1 Å². The fraction of sp³-hybridized carbons (Fsp3) is 0.810. The van der Waals surface area contributed by atoms with E-state index in [0.29, 0.717) is 43.2 Å². The Balaban J connectivity index is 2.26. The van der Waals surface area contributed by atoms with Gasteiger partial charge in [0.15, 0.2) is 0 Å². The number of hydrogen-bond acceptors (Lipinski definition) is 5. The van der Waals surface area contributed by atoms with Crippen molar-refractivity contribution in [3.8, 4) is 0 Å². The van der Waals surface area contributed by atoms with E-state index in [1.54, 1.807) is 0 Å². The van der Waals surface area contributed by atoms with E-state index in [0.717, 1.165) is 25.7 Å². The van der Waals surface area contributed by atoms with Gasteiger partial charge in [0.1, 0.15) is 6.04 Å². The van der Waals surface area contributed by atoms with Gasteiger partial charge in [-0.1, -0.05) is 39.5 Å². The van der Waals surface area contributed by atoms with Crippen LogP contribution in [0.25, 0.3) is 0 Å². The summed E-state index contributed by atoms with van der Waals surface area (Å²) in [4.78, 5) is 50.1. The van der Waals surface area contributed by atoms with Crippen LogP contribution in [0.4, 0.5) is 4.79 Å². The molecule has 3 atom stereocenters. The Hall–Kier alpha value is -1.80. The maximum absolute atomic E-state index is 13.7. The topological polar surface area (TPSA) is 104 Å². The van der Waals surface area contributed by atoms with Gasteiger partial charge in [-0.25, -0.2) is 20.0 Å². The molecule has 0 aromatic rings. The van der Waals surface area contributed by atoms with E-state index in [1.807, 2.05) is 20.8 Å². The van der Waals surface area contributed by atoms with E-state index in [1.165, 1.54) is 0 Å². The summed E-state index contributed by atoms with van der Waals surface area (Å²) < 4.78 is -0.423. The molecule has 2 aliphatic rings. The van der Waals surface area contributed by atoms with Crippen molar-refractivity contribution in [1.29, 1.82) is 0 Å². The molecule has 5 amide bonds. The van der Waals surface area contributed by atoms with Crippen LogP contribution in [0.5, 0.6) is 0 Å². The van der Waals surface area contributed by atoms with Gasteiger partial charge in [-0.15, -0.1) is 0 Å². The number of quaternary nitrogens is 1. The Kier molecular flexibility index (Phi) is 8.34. The minimum Gasteiger partial charge on any atom is -0.286 e. The van der Waals surface area contributed by atoms with Crippen molar-refractivity contribution < 1.29 is 28.9 Å². The Morgan fingerprint density at radius 2 is 1.83 bits per heavy atom. The summed E-state index contributed by atoms with van der Waals surface area (Å²) in [6.45, 7) is 5.86. The normalized spacial score (nSPS) is 25.8. The predicted octanol–water partition coefficient (Wildman–Crippen LogP) is 2.84. The smallest absolute Gasteiger partial charge is 0.286 e. The van der Waals surface area contributed by atoms with Gasteiger partial charge in [0.25, 0.3) is 0 Å². The third-order valence-electron chi connectivity index (χ3n) is 6.45. The van der Waals surface area contributed by atoms with Crippen LogP contribution in [-0.4, -0.2) is 58.1 Å². The lowest BCUT2D eigenvalue weighted by Gasteiger charge is -2.36. The molecule has 0 aromatic heterocycles. The second-order valence-electron chi connectivity index (χ2n) is 9.18. The molecular formula is C21H36N3O5+. The zero-order valence-corrected chi connectivity index (χ0v) is 17.9. The molecule has 1 heterocycles. The molecule has 29 heavy (non-hydrogen) atoms. The average molecular weight is 411 g/mol. The largest absolute Gasteiger partial charge is 0.430 e. The van der Waals surface area contributed by atoms with Crippen LogP contribution < -0.4 is 5.32 Å². The highest BCUT2D eigenvalue weighted by molar-refractivity contribution is 5.96. The zero-order chi connectivity index (χ0) is 21.6. The maximum Gasteiger partial charge on any atom is 0.430 e. The lowest BCUT2D eigenvalue weighted by molar-refractivity contribution is -0.786. The molecule has 0 spiro atoms. The number of likely N-dealkylation sites (tertiary alicyclic amines) is 1. The molecule has 2 N–H and O–H groups in total. The fourth-order valence-electron chi connectivity index (χ4n) is 4.94. The highest BCUT2D eigenvalue weighted by Gasteiger charge is 2.55. The first kappa shape index (κ1) is 23.5. The van der Waals surface area contributed by atoms with E-state index in [9.17, 15) is 24.4 Å². The third kappa shape index (κ3) is 5.63. The van der Waals surface area contributed by atoms with Gasteiger partial charge in [0.05, 0.1) is 19.0 Å². The third-order valence-corrected chi connectivity index (χ3v) is 6.45. The molecule has 8 heteroatoms. The van der Waals surface area contributed by atoms with Crippen LogP contribution in [0.1, 0.15) is 72.1 Å². The van der Waals surface area contributed by atoms with Gasteiger partial charge in [-0.05, 0) is 25.2 Å². The van der Waals surface area contributed by atoms with Crippen LogP contribution in [0.15, 0.2) is 0 Å². The average Bonchev–Trinajstić information content (AvgIpc) is 3.29. The number of nitrogens with zero attached hydrogens (tertiary/aromatic N) is 2. The van der Waals surface area contributed by atoms with Crippen LogP contribution in [-0.2, 0) is 14.4 Å². The lowest BCUT2D eigenvalue weighted by Crippen LogP contribution is -2.65. The summed E-state index contributed by atoms with van der Waals surface area (Å²) in [5.41, 5.74) is 0. The van der Waals surface area contributed by atoms with Crippen LogP contribution >= 0.6 is 0 Å². The number of hydrogen-bond donors (Lipinski definition) is 2. The van der Waals surface area contributed by atoms with Crippen molar-refractivity contribution in [2.24, 2.45) is 17.8 Å². The van der Waals surface area contributed by atoms with E-state index in [4.69, 9.17) is 0 Å². The Morgan fingerprint density at radius 3 is 2.34 bits per heavy atom. The molecule has 0 bridgehead atoms. The molecule has 2 rings (SSSR count). The van der Waals surface area contributed by atoms with Gasteiger partial charge in [0.2, 0.25) is 12.3 Å². The van der Waals surface area contributed by atoms with Crippen molar-refractivity contribution in [3.05, 3.63) is 0 Å². The molecule has 1 unspecified atom stereocenters. The Morgan fingerprint density at radius 1 is 1.17 bits per heavy atom. The number of urea groups is 1. The maximum atomic E-state index is 13.7. The molecule has 1 saturated heterocycles. The van der Waals surface area contributed by atoms with Gasteiger partial charge in [-0.3, -0.25) is 14.8 Å². The van der Waals surface area contributed by atoms with Gasteiger partial charge >= 0.3 is 11.9 Å².